The van der Waals surface area contributed by atoms with Gasteiger partial charge >= 0.3 is 0 Å². The van der Waals surface area contributed by atoms with Gasteiger partial charge in [-0.15, -0.1) is 0 Å². The molecule has 0 saturated heterocycles. The molecule has 0 aliphatic rings. The summed E-state index contributed by atoms with van der Waals surface area (Å²) in [6, 6.07) is 13.8. The Hall–Kier alpha value is -2.62. The van der Waals surface area contributed by atoms with Crippen molar-refractivity contribution in [2.45, 2.75) is 34.2 Å². The van der Waals surface area contributed by atoms with Crippen molar-refractivity contribution in [2.24, 2.45) is 0 Å². The second-order valence-corrected chi connectivity index (χ2v) is 6.12. The third-order valence-corrected chi connectivity index (χ3v) is 4.15. The molecule has 0 heterocycles. The molecule has 4 nitrogen and oxygen atoms in total. The Kier molecular flexibility index (Phi) is 5.74. The molecule has 4 heteroatoms. The van der Waals surface area contributed by atoms with Crippen LogP contribution < -0.4 is 5.32 Å². The lowest BCUT2D eigenvalue weighted by molar-refractivity contribution is -0.133. The maximum Gasteiger partial charge on any atom is 0.244 e. The standard InChI is InChI=1S/C20H24N2O2/c1-14-8-5-6-11-18(14)12-22(17(4)23)13-19(24)21-20-15(2)9-7-10-16(20)3/h5-11H,12-13H2,1-4H3,(H,21,24). The number of benzene rings is 2. The van der Waals surface area contributed by atoms with Crippen LogP contribution in [-0.2, 0) is 16.1 Å². The van der Waals surface area contributed by atoms with Crippen molar-refractivity contribution in [1.82, 2.24) is 4.90 Å². The molecule has 0 atom stereocenters. The highest BCUT2D eigenvalue weighted by Crippen LogP contribution is 2.19. The number of nitrogens with one attached hydrogen (secondary N) is 1. The SMILES string of the molecule is CC(=O)N(CC(=O)Nc1c(C)cccc1C)Cc1ccccc1C. The van der Waals surface area contributed by atoms with Gasteiger partial charge in [0.25, 0.3) is 0 Å². The molecule has 0 radical (unpaired) electrons. The second-order valence-electron chi connectivity index (χ2n) is 6.12. The molecule has 0 aliphatic carbocycles. The van der Waals surface area contributed by atoms with E-state index < -0.39 is 0 Å². The van der Waals surface area contributed by atoms with Crippen LogP contribution in [-0.4, -0.2) is 23.3 Å². The highest BCUT2D eigenvalue weighted by Gasteiger charge is 2.16. The molecule has 0 spiro atoms. The molecule has 2 aromatic carbocycles. The Labute approximate surface area is 143 Å². The maximum absolute atomic E-state index is 12.4. The molecule has 2 aromatic rings. The fourth-order valence-electron chi connectivity index (χ4n) is 2.64. The van der Waals surface area contributed by atoms with Crippen LogP contribution in [0.3, 0.4) is 0 Å². The van der Waals surface area contributed by atoms with Crippen molar-refractivity contribution < 1.29 is 9.59 Å². The van der Waals surface area contributed by atoms with E-state index >= 15 is 0 Å². The van der Waals surface area contributed by atoms with Gasteiger partial charge in [0.2, 0.25) is 11.8 Å². The first-order valence-corrected chi connectivity index (χ1v) is 8.04. The van der Waals surface area contributed by atoms with Crippen LogP contribution in [0.25, 0.3) is 0 Å². The fourth-order valence-corrected chi connectivity index (χ4v) is 2.64. The van der Waals surface area contributed by atoms with Crippen LogP contribution in [0.1, 0.15) is 29.2 Å². The van der Waals surface area contributed by atoms with E-state index in [1.807, 2.05) is 63.2 Å². The van der Waals surface area contributed by atoms with Gasteiger partial charge in [0.15, 0.2) is 0 Å². The summed E-state index contributed by atoms with van der Waals surface area (Å²) in [7, 11) is 0. The van der Waals surface area contributed by atoms with Crippen molar-refractivity contribution >= 4 is 17.5 Å². The molecule has 126 valence electrons. The van der Waals surface area contributed by atoms with Gasteiger partial charge < -0.3 is 10.2 Å². The minimum absolute atomic E-state index is 0.0391. The fraction of sp³-hybridized carbons (Fsp3) is 0.300. The molecular formula is C20H24N2O2. The number of hydrogen-bond donors (Lipinski definition) is 1. The lowest BCUT2D eigenvalue weighted by atomic mass is 10.1. The number of nitrogens with zero attached hydrogens (tertiary/aromatic N) is 1. The summed E-state index contributed by atoms with van der Waals surface area (Å²) in [5.41, 5.74) is 5.00. The molecule has 0 fully saturated rings. The first-order valence-electron chi connectivity index (χ1n) is 8.04. The average Bonchev–Trinajstić information content (AvgIpc) is 2.52. The van der Waals surface area contributed by atoms with Gasteiger partial charge in [0.05, 0.1) is 0 Å². The van der Waals surface area contributed by atoms with E-state index in [9.17, 15) is 9.59 Å². The Morgan fingerprint density at radius 1 is 0.917 bits per heavy atom. The Morgan fingerprint density at radius 3 is 2.08 bits per heavy atom. The normalized spacial score (nSPS) is 10.3. The number of carbonyl (C=O) groups is 2. The van der Waals surface area contributed by atoms with Crippen molar-refractivity contribution in [2.75, 3.05) is 11.9 Å². The molecule has 0 bridgehead atoms. The molecule has 2 amide bonds. The predicted molar refractivity (Wildman–Crippen MR) is 96.8 cm³/mol. The monoisotopic (exact) mass is 324 g/mol. The zero-order chi connectivity index (χ0) is 17.7. The van der Waals surface area contributed by atoms with Crippen LogP contribution >= 0.6 is 0 Å². The van der Waals surface area contributed by atoms with Crippen molar-refractivity contribution in [3.8, 4) is 0 Å². The minimum atomic E-state index is -0.184. The smallest absolute Gasteiger partial charge is 0.244 e. The number of amides is 2. The van der Waals surface area contributed by atoms with Crippen molar-refractivity contribution in [3.05, 3.63) is 64.7 Å². The first-order chi connectivity index (χ1) is 11.4. The van der Waals surface area contributed by atoms with E-state index in [4.69, 9.17) is 0 Å². The Balaban J connectivity index is 2.09. The lowest BCUT2D eigenvalue weighted by Gasteiger charge is -2.22. The molecule has 24 heavy (non-hydrogen) atoms. The average molecular weight is 324 g/mol. The summed E-state index contributed by atoms with van der Waals surface area (Å²) in [5, 5.41) is 2.93. The van der Waals surface area contributed by atoms with E-state index in [0.29, 0.717) is 6.54 Å². The number of hydrogen-bond acceptors (Lipinski definition) is 2. The van der Waals surface area contributed by atoms with Crippen LogP contribution in [0, 0.1) is 20.8 Å². The number of rotatable bonds is 5. The van der Waals surface area contributed by atoms with Gasteiger partial charge in [-0.25, -0.2) is 0 Å². The predicted octanol–water partition coefficient (Wildman–Crippen LogP) is 3.60. The van der Waals surface area contributed by atoms with Gasteiger partial charge in [0.1, 0.15) is 6.54 Å². The lowest BCUT2D eigenvalue weighted by Crippen LogP contribution is -2.36. The van der Waals surface area contributed by atoms with Crippen molar-refractivity contribution in [3.63, 3.8) is 0 Å². The molecule has 0 unspecified atom stereocenters. The van der Waals surface area contributed by atoms with Crippen LogP contribution in [0.2, 0.25) is 0 Å². The minimum Gasteiger partial charge on any atom is -0.329 e. The van der Waals surface area contributed by atoms with Gasteiger partial charge in [-0.3, -0.25) is 9.59 Å². The molecule has 2 rings (SSSR count). The zero-order valence-corrected chi connectivity index (χ0v) is 14.7. The topological polar surface area (TPSA) is 49.4 Å². The number of aryl methyl sites for hydroxylation is 3. The molecule has 0 aromatic heterocycles. The zero-order valence-electron chi connectivity index (χ0n) is 14.7. The number of anilines is 1. The summed E-state index contributed by atoms with van der Waals surface area (Å²) >= 11 is 0. The summed E-state index contributed by atoms with van der Waals surface area (Å²) in [5.74, 6) is -0.300. The summed E-state index contributed by atoms with van der Waals surface area (Å²) in [6.07, 6.45) is 0. The summed E-state index contributed by atoms with van der Waals surface area (Å²) in [4.78, 5) is 25.9. The van der Waals surface area contributed by atoms with E-state index in [0.717, 1.165) is 27.9 Å². The van der Waals surface area contributed by atoms with Gasteiger partial charge in [-0.1, -0.05) is 42.5 Å². The van der Waals surface area contributed by atoms with Gasteiger partial charge in [-0.05, 0) is 43.0 Å². The van der Waals surface area contributed by atoms with Crippen LogP contribution in [0.4, 0.5) is 5.69 Å². The van der Waals surface area contributed by atoms with E-state index in [1.54, 1.807) is 4.90 Å². The highest BCUT2D eigenvalue weighted by molar-refractivity contribution is 5.95. The van der Waals surface area contributed by atoms with E-state index in [2.05, 4.69) is 5.32 Å². The Morgan fingerprint density at radius 2 is 1.50 bits per heavy atom. The number of para-hydroxylation sites is 1. The van der Waals surface area contributed by atoms with Crippen LogP contribution in [0.15, 0.2) is 42.5 Å². The molecular weight excluding hydrogens is 300 g/mol. The van der Waals surface area contributed by atoms with E-state index in [1.165, 1.54) is 6.92 Å². The second kappa shape index (κ2) is 7.77. The maximum atomic E-state index is 12.4. The quantitative estimate of drug-likeness (QED) is 0.913. The van der Waals surface area contributed by atoms with Crippen molar-refractivity contribution in [1.29, 1.82) is 0 Å². The van der Waals surface area contributed by atoms with Gasteiger partial charge in [0, 0.05) is 19.2 Å². The highest BCUT2D eigenvalue weighted by atomic mass is 16.2. The van der Waals surface area contributed by atoms with Crippen LogP contribution in [0.5, 0.6) is 0 Å². The van der Waals surface area contributed by atoms with E-state index in [-0.39, 0.29) is 18.4 Å². The molecule has 0 saturated carbocycles. The summed E-state index contributed by atoms with van der Waals surface area (Å²) < 4.78 is 0. The third kappa shape index (κ3) is 4.44. The number of carbonyl (C=O) groups excluding carboxylic acids is 2. The Bertz CT molecular complexity index is 733. The summed E-state index contributed by atoms with van der Waals surface area (Å²) in [6.45, 7) is 7.88. The first kappa shape index (κ1) is 17.7. The molecule has 1 N–H and O–H groups in total. The molecule has 0 aliphatic heterocycles. The van der Waals surface area contributed by atoms with Gasteiger partial charge in [-0.2, -0.15) is 0 Å². The third-order valence-electron chi connectivity index (χ3n) is 4.15. The largest absolute Gasteiger partial charge is 0.329 e.